The second-order valence-corrected chi connectivity index (χ2v) is 7.48. The fraction of sp³-hybridized carbons (Fsp3) is 0.167. The molecule has 1 aromatic carbocycles. The number of thioether (sulfide) groups is 1. The summed E-state index contributed by atoms with van der Waals surface area (Å²) in [6, 6.07) is 10.3. The van der Waals surface area contributed by atoms with Crippen LogP contribution in [0.15, 0.2) is 56.1 Å². The Bertz CT molecular complexity index is 1120. The summed E-state index contributed by atoms with van der Waals surface area (Å²) in [6.07, 6.45) is 0. The van der Waals surface area contributed by atoms with Gasteiger partial charge in [-0.1, -0.05) is 17.8 Å². The van der Waals surface area contributed by atoms with Gasteiger partial charge in [0.25, 0.3) is 0 Å². The molecule has 0 fully saturated rings. The van der Waals surface area contributed by atoms with Crippen LogP contribution in [0.4, 0.5) is 0 Å². The number of rotatable bonds is 5. The molecule has 0 aliphatic carbocycles. The molecule has 0 amide bonds. The maximum absolute atomic E-state index is 11.8. The van der Waals surface area contributed by atoms with Gasteiger partial charge in [-0.15, -0.1) is 21.5 Å². The van der Waals surface area contributed by atoms with E-state index in [4.69, 9.17) is 4.42 Å². The molecule has 0 spiro atoms. The second-order valence-electron chi connectivity index (χ2n) is 5.59. The Hall–Kier alpha value is -2.58. The number of hydrogen-bond acceptors (Lipinski definition) is 7. The number of aromatic nitrogens is 3. The summed E-state index contributed by atoms with van der Waals surface area (Å²) in [5, 5.41) is 21.9. The molecule has 8 heteroatoms. The minimum Gasteiger partial charge on any atom is -0.508 e. The number of phenols is 1. The van der Waals surface area contributed by atoms with E-state index in [9.17, 15) is 9.90 Å². The van der Waals surface area contributed by atoms with Gasteiger partial charge >= 0.3 is 5.63 Å². The molecule has 0 aliphatic heterocycles. The molecule has 6 nitrogen and oxygen atoms in total. The fourth-order valence-electron chi connectivity index (χ4n) is 2.75. The molecule has 1 N–H and O–H groups in total. The molecule has 3 aromatic heterocycles. The molecule has 0 atom stereocenters. The quantitative estimate of drug-likeness (QED) is 0.411. The molecule has 0 unspecified atom stereocenters. The van der Waals surface area contributed by atoms with Gasteiger partial charge < -0.3 is 14.1 Å². The minimum atomic E-state index is -0.435. The smallest absolute Gasteiger partial charge is 0.336 e. The zero-order valence-electron chi connectivity index (χ0n) is 13.9. The Kier molecular flexibility index (Phi) is 4.52. The van der Waals surface area contributed by atoms with Crippen molar-refractivity contribution in [3.63, 3.8) is 0 Å². The lowest BCUT2D eigenvalue weighted by Gasteiger charge is -2.07. The van der Waals surface area contributed by atoms with Gasteiger partial charge in [0.05, 0.1) is 4.88 Å². The van der Waals surface area contributed by atoms with Crippen molar-refractivity contribution in [2.75, 3.05) is 0 Å². The Morgan fingerprint density at radius 1 is 1.27 bits per heavy atom. The van der Waals surface area contributed by atoms with Crippen molar-refractivity contribution in [2.45, 2.75) is 24.4 Å². The topological polar surface area (TPSA) is 81.2 Å². The number of aromatic hydroxyl groups is 1. The zero-order chi connectivity index (χ0) is 18.1. The highest BCUT2D eigenvalue weighted by atomic mass is 32.2. The molecule has 0 aliphatic rings. The first-order valence-corrected chi connectivity index (χ1v) is 9.88. The van der Waals surface area contributed by atoms with E-state index in [0.29, 0.717) is 11.3 Å². The molecule has 0 bridgehead atoms. The molecule has 4 rings (SSSR count). The van der Waals surface area contributed by atoms with Gasteiger partial charge in [-0.2, -0.15) is 0 Å². The summed E-state index contributed by atoms with van der Waals surface area (Å²) in [5.41, 5.74) is 0.781. The van der Waals surface area contributed by atoms with Crippen LogP contribution in [0.3, 0.4) is 0 Å². The van der Waals surface area contributed by atoms with Gasteiger partial charge in [-0.3, -0.25) is 0 Å². The molecule has 0 radical (unpaired) electrons. The van der Waals surface area contributed by atoms with Crippen LogP contribution < -0.4 is 5.63 Å². The first kappa shape index (κ1) is 16.9. The second kappa shape index (κ2) is 6.97. The Labute approximate surface area is 157 Å². The lowest BCUT2D eigenvalue weighted by Crippen LogP contribution is -2.01. The van der Waals surface area contributed by atoms with Gasteiger partial charge in [0.15, 0.2) is 11.0 Å². The molecule has 0 saturated carbocycles. The highest BCUT2D eigenvalue weighted by molar-refractivity contribution is 7.98. The predicted molar refractivity (Wildman–Crippen MR) is 103 cm³/mol. The monoisotopic (exact) mass is 385 g/mol. The minimum absolute atomic E-state index is 0.0665. The van der Waals surface area contributed by atoms with Crippen molar-refractivity contribution < 1.29 is 9.52 Å². The largest absolute Gasteiger partial charge is 0.508 e. The highest BCUT2D eigenvalue weighted by Gasteiger charge is 2.15. The molecule has 26 heavy (non-hydrogen) atoms. The summed E-state index contributed by atoms with van der Waals surface area (Å²) in [4.78, 5) is 12.9. The van der Waals surface area contributed by atoms with Gasteiger partial charge in [-0.25, -0.2) is 4.79 Å². The van der Waals surface area contributed by atoms with Crippen molar-refractivity contribution in [2.24, 2.45) is 0 Å². The van der Waals surface area contributed by atoms with E-state index < -0.39 is 5.63 Å². The van der Waals surface area contributed by atoms with Gasteiger partial charge in [0.1, 0.15) is 11.3 Å². The normalized spacial score (nSPS) is 11.3. The summed E-state index contributed by atoms with van der Waals surface area (Å²) in [5.74, 6) is 1.47. The lowest BCUT2D eigenvalue weighted by atomic mass is 10.1. The van der Waals surface area contributed by atoms with E-state index in [1.54, 1.807) is 23.5 Å². The van der Waals surface area contributed by atoms with Crippen molar-refractivity contribution in [3.8, 4) is 16.5 Å². The summed E-state index contributed by atoms with van der Waals surface area (Å²) in [7, 11) is 0. The molecule has 132 valence electrons. The SMILES string of the molecule is CCn1c(SCc2cc(=O)oc3cc(O)ccc23)nnc1-c1cccs1. The first-order valence-electron chi connectivity index (χ1n) is 8.01. The average Bonchev–Trinajstić information content (AvgIpc) is 3.28. The van der Waals surface area contributed by atoms with Crippen LogP contribution in [0.1, 0.15) is 12.5 Å². The Morgan fingerprint density at radius 3 is 2.92 bits per heavy atom. The maximum Gasteiger partial charge on any atom is 0.336 e. The van der Waals surface area contributed by atoms with Crippen LogP contribution in [0.25, 0.3) is 21.7 Å². The Balaban J connectivity index is 1.66. The third-order valence-corrected chi connectivity index (χ3v) is 5.83. The number of thiophene rings is 1. The first-order chi connectivity index (χ1) is 12.7. The van der Waals surface area contributed by atoms with Crippen molar-refractivity contribution in [3.05, 3.63) is 57.8 Å². The van der Waals surface area contributed by atoms with Crippen LogP contribution >= 0.6 is 23.1 Å². The summed E-state index contributed by atoms with van der Waals surface area (Å²) < 4.78 is 7.24. The maximum atomic E-state index is 11.8. The molecule has 0 saturated heterocycles. The number of nitrogens with zero attached hydrogens (tertiary/aromatic N) is 3. The van der Waals surface area contributed by atoms with Gasteiger partial charge in [0.2, 0.25) is 0 Å². The van der Waals surface area contributed by atoms with E-state index >= 15 is 0 Å². The van der Waals surface area contributed by atoms with E-state index in [1.165, 1.54) is 23.9 Å². The molecule has 4 aromatic rings. The van der Waals surface area contributed by atoms with Crippen LogP contribution in [-0.2, 0) is 12.3 Å². The van der Waals surface area contributed by atoms with Gasteiger partial charge in [0, 0.05) is 29.8 Å². The highest BCUT2D eigenvalue weighted by Crippen LogP contribution is 2.30. The molecular weight excluding hydrogens is 370 g/mol. The zero-order valence-corrected chi connectivity index (χ0v) is 15.5. The number of fused-ring (bicyclic) bond motifs is 1. The van der Waals surface area contributed by atoms with E-state index in [2.05, 4.69) is 21.7 Å². The number of hydrogen-bond donors (Lipinski definition) is 1. The standard InChI is InChI=1S/C18H15N3O3S2/c1-2-21-17(15-4-3-7-25-15)19-20-18(21)26-10-11-8-16(23)24-14-9-12(22)5-6-13(11)14/h3-9,22H,2,10H2,1H3. The molecular formula is C18H15N3O3S2. The fourth-order valence-corrected chi connectivity index (χ4v) is 4.46. The van der Waals surface area contributed by atoms with Crippen LogP contribution in [0, 0.1) is 0 Å². The summed E-state index contributed by atoms with van der Waals surface area (Å²) >= 11 is 3.15. The van der Waals surface area contributed by atoms with E-state index in [-0.39, 0.29) is 5.75 Å². The van der Waals surface area contributed by atoms with Crippen LogP contribution in [-0.4, -0.2) is 19.9 Å². The van der Waals surface area contributed by atoms with E-state index in [1.807, 2.05) is 17.5 Å². The number of benzene rings is 1. The number of phenolic OH excluding ortho intramolecular Hbond substituents is 1. The van der Waals surface area contributed by atoms with E-state index in [0.717, 1.165) is 33.4 Å². The van der Waals surface area contributed by atoms with Crippen molar-refractivity contribution in [1.29, 1.82) is 0 Å². The lowest BCUT2D eigenvalue weighted by molar-refractivity contribution is 0.473. The van der Waals surface area contributed by atoms with Gasteiger partial charge in [-0.05, 0) is 36.1 Å². The van der Waals surface area contributed by atoms with Crippen LogP contribution in [0.5, 0.6) is 5.75 Å². The molecule has 3 heterocycles. The summed E-state index contributed by atoms with van der Waals surface area (Å²) in [6.45, 7) is 2.81. The van der Waals surface area contributed by atoms with Crippen LogP contribution in [0.2, 0.25) is 0 Å². The third kappa shape index (κ3) is 3.13. The van der Waals surface area contributed by atoms with Crippen molar-refractivity contribution in [1.82, 2.24) is 14.8 Å². The van der Waals surface area contributed by atoms with Crippen molar-refractivity contribution >= 4 is 34.1 Å². The predicted octanol–water partition coefficient (Wildman–Crippen LogP) is 4.13. The Morgan fingerprint density at radius 2 is 2.15 bits per heavy atom. The average molecular weight is 385 g/mol. The third-order valence-electron chi connectivity index (χ3n) is 3.95.